The predicted molar refractivity (Wildman–Crippen MR) is 66.2 cm³/mol. The van der Waals surface area contributed by atoms with Gasteiger partial charge in [0.1, 0.15) is 0 Å². The summed E-state index contributed by atoms with van der Waals surface area (Å²) in [6, 6.07) is 0. The fourth-order valence-electron chi connectivity index (χ4n) is 2.17. The molecule has 0 fully saturated rings. The van der Waals surface area contributed by atoms with E-state index in [1.165, 1.54) is 5.57 Å². The van der Waals surface area contributed by atoms with E-state index in [4.69, 9.17) is 0 Å². The molecule has 16 heavy (non-hydrogen) atoms. The third kappa shape index (κ3) is 2.38. The van der Waals surface area contributed by atoms with E-state index in [0.29, 0.717) is 11.8 Å². The van der Waals surface area contributed by atoms with Crippen molar-refractivity contribution in [3.63, 3.8) is 0 Å². The van der Waals surface area contributed by atoms with Gasteiger partial charge in [0.25, 0.3) is 0 Å². The monoisotopic (exact) mass is 214 g/mol. The van der Waals surface area contributed by atoms with Crippen LogP contribution in [0, 0.1) is 12.8 Å². The first kappa shape index (κ1) is 11.1. The maximum atomic E-state index is 4.55. The molecule has 0 aliphatic heterocycles. The highest BCUT2D eigenvalue weighted by molar-refractivity contribution is 5.19. The summed E-state index contributed by atoms with van der Waals surface area (Å²) in [6.07, 6.45) is 10.4. The summed E-state index contributed by atoms with van der Waals surface area (Å²) in [7, 11) is 0. The SMILES string of the molecule is C=C(C)C1CC=CC(c2cncc(C)n2)C1. The Morgan fingerprint density at radius 1 is 1.44 bits per heavy atom. The predicted octanol–water partition coefficient (Wildman–Crippen LogP) is 3.41. The lowest BCUT2D eigenvalue weighted by molar-refractivity contribution is 0.506. The van der Waals surface area contributed by atoms with Crippen LogP contribution in [0.15, 0.2) is 36.7 Å². The van der Waals surface area contributed by atoms with Gasteiger partial charge in [-0.15, -0.1) is 0 Å². The smallest absolute Gasteiger partial charge is 0.0658 e. The fraction of sp³-hybridized carbons (Fsp3) is 0.429. The molecule has 84 valence electrons. The van der Waals surface area contributed by atoms with Crippen LogP contribution in [0.5, 0.6) is 0 Å². The van der Waals surface area contributed by atoms with Crippen molar-refractivity contribution in [1.29, 1.82) is 0 Å². The lowest BCUT2D eigenvalue weighted by Gasteiger charge is -2.24. The van der Waals surface area contributed by atoms with Crippen LogP contribution < -0.4 is 0 Å². The van der Waals surface area contributed by atoms with Crippen molar-refractivity contribution in [3.8, 4) is 0 Å². The summed E-state index contributed by atoms with van der Waals surface area (Å²) in [5.41, 5.74) is 3.35. The summed E-state index contributed by atoms with van der Waals surface area (Å²) in [5.74, 6) is 1.00. The molecule has 0 N–H and O–H groups in total. The zero-order valence-electron chi connectivity index (χ0n) is 9.98. The number of nitrogens with zero attached hydrogens (tertiary/aromatic N) is 2. The maximum Gasteiger partial charge on any atom is 0.0658 e. The van der Waals surface area contributed by atoms with Gasteiger partial charge in [-0.25, -0.2) is 0 Å². The molecule has 2 heteroatoms. The summed E-state index contributed by atoms with van der Waals surface area (Å²) >= 11 is 0. The van der Waals surface area contributed by atoms with Crippen LogP contribution in [0.25, 0.3) is 0 Å². The Kier molecular flexibility index (Phi) is 3.18. The van der Waals surface area contributed by atoms with Crippen LogP contribution in [0.2, 0.25) is 0 Å². The van der Waals surface area contributed by atoms with E-state index in [2.05, 4.69) is 35.6 Å². The quantitative estimate of drug-likeness (QED) is 0.705. The van der Waals surface area contributed by atoms with Gasteiger partial charge in [-0.2, -0.15) is 0 Å². The van der Waals surface area contributed by atoms with Gasteiger partial charge in [0.05, 0.1) is 11.4 Å². The molecule has 2 rings (SSSR count). The highest BCUT2D eigenvalue weighted by Crippen LogP contribution is 2.33. The second-order valence-corrected chi connectivity index (χ2v) is 4.63. The van der Waals surface area contributed by atoms with Crippen LogP contribution in [0.3, 0.4) is 0 Å². The van der Waals surface area contributed by atoms with Crippen molar-refractivity contribution >= 4 is 0 Å². The Morgan fingerprint density at radius 2 is 2.25 bits per heavy atom. The van der Waals surface area contributed by atoms with Crippen LogP contribution in [0.4, 0.5) is 0 Å². The van der Waals surface area contributed by atoms with E-state index in [0.717, 1.165) is 24.2 Å². The molecule has 0 amide bonds. The summed E-state index contributed by atoms with van der Waals surface area (Å²) in [6.45, 7) is 8.15. The van der Waals surface area contributed by atoms with Crippen molar-refractivity contribution in [2.75, 3.05) is 0 Å². The minimum Gasteiger partial charge on any atom is -0.261 e. The minimum atomic E-state index is 0.405. The highest BCUT2D eigenvalue weighted by Gasteiger charge is 2.20. The number of hydrogen-bond acceptors (Lipinski definition) is 2. The average Bonchev–Trinajstić information content (AvgIpc) is 2.29. The summed E-state index contributed by atoms with van der Waals surface area (Å²) in [5, 5.41) is 0. The molecule has 1 aromatic heterocycles. The fourth-order valence-corrected chi connectivity index (χ4v) is 2.17. The topological polar surface area (TPSA) is 25.8 Å². The highest BCUT2D eigenvalue weighted by atomic mass is 14.8. The molecule has 2 atom stereocenters. The Bertz CT molecular complexity index is 420. The Labute approximate surface area is 97.1 Å². The molecule has 1 aliphatic rings. The number of aryl methyl sites for hydroxylation is 1. The standard InChI is InChI=1S/C14H18N2/c1-10(2)12-5-4-6-13(7-12)14-9-15-8-11(3)16-14/h4,6,8-9,12-13H,1,5,7H2,2-3H3. The molecule has 0 bridgehead atoms. The number of allylic oxidation sites excluding steroid dienone is 3. The number of aromatic nitrogens is 2. The third-order valence-electron chi connectivity index (χ3n) is 3.18. The molecule has 0 radical (unpaired) electrons. The Balaban J connectivity index is 2.19. The normalized spacial score (nSPS) is 24.4. The first-order chi connectivity index (χ1) is 7.66. The van der Waals surface area contributed by atoms with E-state index in [-0.39, 0.29) is 0 Å². The molecule has 1 aromatic rings. The van der Waals surface area contributed by atoms with Crippen LogP contribution in [-0.2, 0) is 0 Å². The zero-order chi connectivity index (χ0) is 11.5. The third-order valence-corrected chi connectivity index (χ3v) is 3.18. The molecular formula is C14H18N2. The average molecular weight is 214 g/mol. The molecular weight excluding hydrogens is 196 g/mol. The second-order valence-electron chi connectivity index (χ2n) is 4.63. The lowest BCUT2D eigenvalue weighted by atomic mass is 9.82. The van der Waals surface area contributed by atoms with Gasteiger partial charge in [0.15, 0.2) is 0 Å². The zero-order valence-corrected chi connectivity index (χ0v) is 9.98. The summed E-state index contributed by atoms with van der Waals surface area (Å²) < 4.78 is 0. The molecule has 0 saturated carbocycles. The van der Waals surface area contributed by atoms with Gasteiger partial charge in [0, 0.05) is 18.3 Å². The van der Waals surface area contributed by atoms with Crippen molar-refractivity contribution < 1.29 is 0 Å². The largest absolute Gasteiger partial charge is 0.261 e. The maximum absolute atomic E-state index is 4.55. The molecule has 0 aromatic carbocycles. The number of hydrogen-bond donors (Lipinski definition) is 0. The van der Waals surface area contributed by atoms with E-state index >= 15 is 0 Å². The van der Waals surface area contributed by atoms with Gasteiger partial charge in [-0.1, -0.05) is 24.3 Å². The van der Waals surface area contributed by atoms with Gasteiger partial charge in [-0.05, 0) is 32.6 Å². The molecule has 1 heterocycles. The first-order valence-corrected chi connectivity index (χ1v) is 5.77. The number of rotatable bonds is 2. The molecule has 2 unspecified atom stereocenters. The van der Waals surface area contributed by atoms with Gasteiger partial charge in [-0.3, -0.25) is 9.97 Å². The van der Waals surface area contributed by atoms with Crippen LogP contribution >= 0.6 is 0 Å². The lowest BCUT2D eigenvalue weighted by Crippen LogP contribution is -2.12. The Hall–Kier alpha value is -1.44. The first-order valence-electron chi connectivity index (χ1n) is 5.77. The van der Waals surface area contributed by atoms with E-state index < -0.39 is 0 Å². The molecule has 2 nitrogen and oxygen atoms in total. The van der Waals surface area contributed by atoms with Crippen LogP contribution in [0.1, 0.15) is 37.1 Å². The summed E-state index contributed by atoms with van der Waals surface area (Å²) in [4.78, 5) is 8.76. The van der Waals surface area contributed by atoms with Gasteiger partial charge in [0.2, 0.25) is 0 Å². The molecule has 0 saturated heterocycles. The van der Waals surface area contributed by atoms with Crippen molar-refractivity contribution in [2.45, 2.75) is 32.6 Å². The van der Waals surface area contributed by atoms with Crippen molar-refractivity contribution in [1.82, 2.24) is 9.97 Å². The second kappa shape index (κ2) is 4.60. The van der Waals surface area contributed by atoms with Crippen LogP contribution in [-0.4, -0.2) is 9.97 Å². The van der Waals surface area contributed by atoms with Gasteiger partial charge >= 0.3 is 0 Å². The minimum absolute atomic E-state index is 0.405. The van der Waals surface area contributed by atoms with E-state index in [9.17, 15) is 0 Å². The Morgan fingerprint density at radius 3 is 2.94 bits per heavy atom. The van der Waals surface area contributed by atoms with E-state index in [1.807, 2.05) is 13.1 Å². The van der Waals surface area contributed by atoms with Crippen molar-refractivity contribution in [2.24, 2.45) is 5.92 Å². The molecule has 0 spiro atoms. The molecule has 1 aliphatic carbocycles. The van der Waals surface area contributed by atoms with E-state index in [1.54, 1.807) is 6.20 Å². The van der Waals surface area contributed by atoms with Gasteiger partial charge < -0.3 is 0 Å². The van der Waals surface area contributed by atoms with Crippen molar-refractivity contribution in [3.05, 3.63) is 48.1 Å².